The molecular weight excluding hydrogens is 255 g/mol. The Morgan fingerprint density at radius 1 is 1.50 bits per heavy atom. The lowest BCUT2D eigenvalue weighted by Crippen LogP contribution is -2.22. The van der Waals surface area contributed by atoms with Gasteiger partial charge in [-0.2, -0.15) is 5.10 Å². The van der Waals surface area contributed by atoms with Crippen LogP contribution in [-0.4, -0.2) is 21.8 Å². The van der Waals surface area contributed by atoms with Crippen molar-refractivity contribution in [3.63, 3.8) is 0 Å². The fourth-order valence-electron chi connectivity index (χ4n) is 1.88. The van der Waals surface area contributed by atoms with Gasteiger partial charge in [0, 0.05) is 30.1 Å². The molecule has 96 valence electrons. The second-order valence-electron chi connectivity index (χ2n) is 3.98. The Morgan fingerprint density at radius 3 is 2.83 bits per heavy atom. The summed E-state index contributed by atoms with van der Waals surface area (Å²) in [7, 11) is 3.57. The van der Waals surface area contributed by atoms with Crippen LogP contribution in [0.1, 0.15) is 17.4 Å². The fourth-order valence-corrected chi connectivity index (χ4v) is 2.17. The molecule has 0 bridgehead atoms. The van der Waals surface area contributed by atoms with E-state index in [0.29, 0.717) is 17.0 Å². The molecule has 1 unspecified atom stereocenters. The van der Waals surface area contributed by atoms with E-state index in [1.165, 1.54) is 12.4 Å². The van der Waals surface area contributed by atoms with Gasteiger partial charge in [-0.05, 0) is 19.2 Å². The molecule has 1 atom stereocenters. The maximum Gasteiger partial charge on any atom is 0.138 e. The standard InChI is InChI=1S/C12H14ClFN4/c1-15-10(6-11-16-7-17-18(11)2)12-8(13)4-3-5-9(12)14/h3-5,7,10,15H,6H2,1-2H3. The quantitative estimate of drug-likeness (QED) is 0.924. The molecule has 0 saturated heterocycles. The Balaban J connectivity index is 2.32. The van der Waals surface area contributed by atoms with E-state index < -0.39 is 0 Å². The van der Waals surface area contributed by atoms with Crippen LogP contribution in [0, 0.1) is 5.82 Å². The number of aromatic nitrogens is 3. The van der Waals surface area contributed by atoms with Gasteiger partial charge in [0.05, 0.1) is 0 Å². The molecule has 0 radical (unpaired) electrons. The third-order valence-electron chi connectivity index (χ3n) is 2.89. The largest absolute Gasteiger partial charge is 0.312 e. The lowest BCUT2D eigenvalue weighted by Gasteiger charge is -2.18. The molecule has 2 rings (SSSR count). The van der Waals surface area contributed by atoms with Crippen molar-refractivity contribution < 1.29 is 4.39 Å². The monoisotopic (exact) mass is 268 g/mol. The second kappa shape index (κ2) is 5.46. The summed E-state index contributed by atoms with van der Waals surface area (Å²) < 4.78 is 15.5. The van der Waals surface area contributed by atoms with Gasteiger partial charge in [0.2, 0.25) is 0 Å². The average molecular weight is 269 g/mol. The molecule has 4 nitrogen and oxygen atoms in total. The molecule has 0 fully saturated rings. The predicted molar refractivity (Wildman–Crippen MR) is 67.9 cm³/mol. The molecule has 0 saturated carbocycles. The molecule has 0 spiro atoms. The van der Waals surface area contributed by atoms with Gasteiger partial charge >= 0.3 is 0 Å². The zero-order valence-corrected chi connectivity index (χ0v) is 10.9. The summed E-state index contributed by atoms with van der Waals surface area (Å²) in [5.74, 6) is 0.456. The number of likely N-dealkylation sites (N-methyl/N-ethyl adjacent to an activating group) is 1. The SMILES string of the molecule is CNC(Cc1ncnn1C)c1c(F)cccc1Cl. The number of hydrogen-bond donors (Lipinski definition) is 1. The first-order chi connectivity index (χ1) is 8.63. The van der Waals surface area contributed by atoms with Gasteiger partial charge in [0.1, 0.15) is 18.0 Å². The minimum atomic E-state index is -0.316. The van der Waals surface area contributed by atoms with Gasteiger partial charge in [-0.25, -0.2) is 9.37 Å². The van der Waals surface area contributed by atoms with Crippen LogP contribution < -0.4 is 5.32 Å². The first kappa shape index (κ1) is 13.0. The molecule has 0 amide bonds. The summed E-state index contributed by atoms with van der Waals surface area (Å²) in [6.07, 6.45) is 2.00. The summed E-state index contributed by atoms with van der Waals surface area (Å²) in [5.41, 5.74) is 0.463. The molecule has 18 heavy (non-hydrogen) atoms. The third-order valence-corrected chi connectivity index (χ3v) is 3.22. The number of hydrogen-bond acceptors (Lipinski definition) is 3. The Morgan fingerprint density at radius 2 is 2.28 bits per heavy atom. The minimum Gasteiger partial charge on any atom is -0.312 e. The second-order valence-corrected chi connectivity index (χ2v) is 4.39. The normalized spacial score (nSPS) is 12.7. The highest BCUT2D eigenvalue weighted by atomic mass is 35.5. The van der Waals surface area contributed by atoms with E-state index in [1.807, 2.05) is 0 Å². The van der Waals surface area contributed by atoms with E-state index in [1.54, 1.807) is 30.9 Å². The highest BCUT2D eigenvalue weighted by Crippen LogP contribution is 2.27. The number of rotatable bonds is 4. The van der Waals surface area contributed by atoms with Crippen molar-refractivity contribution in [1.29, 1.82) is 0 Å². The first-order valence-electron chi connectivity index (χ1n) is 5.57. The maximum atomic E-state index is 13.8. The Labute approximate surface area is 110 Å². The number of aryl methyl sites for hydroxylation is 1. The van der Waals surface area contributed by atoms with Gasteiger partial charge in [-0.1, -0.05) is 17.7 Å². The van der Waals surface area contributed by atoms with E-state index in [9.17, 15) is 4.39 Å². The highest BCUT2D eigenvalue weighted by Gasteiger charge is 2.19. The van der Waals surface area contributed by atoms with Crippen LogP contribution in [0.2, 0.25) is 5.02 Å². The topological polar surface area (TPSA) is 42.7 Å². The highest BCUT2D eigenvalue weighted by molar-refractivity contribution is 6.31. The zero-order valence-electron chi connectivity index (χ0n) is 10.2. The van der Waals surface area contributed by atoms with Crippen LogP contribution >= 0.6 is 11.6 Å². The first-order valence-corrected chi connectivity index (χ1v) is 5.95. The summed E-state index contributed by atoms with van der Waals surface area (Å²) in [6.45, 7) is 0. The van der Waals surface area contributed by atoms with Crippen LogP contribution in [0.25, 0.3) is 0 Å². The van der Waals surface area contributed by atoms with E-state index in [2.05, 4.69) is 15.4 Å². The summed E-state index contributed by atoms with van der Waals surface area (Å²) >= 11 is 6.06. The molecule has 1 aromatic heterocycles. The number of halogens is 2. The predicted octanol–water partition coefficient (Wildman–Crippen LogP) is 2.11. The van der Waals surface area contributed by atoms with Crippen molar-refractivity contribution in [2.24, 2.45) is 7.05 Å². The van der Waals surface area contributed by atoms with Gasteiger partial charge in [0.25, 0.3) is 0 Å². The molecule has 6 heteroatoms. The average Bonchev–Trinajstić information content (AvgIpc) is 2.73. The Hall–Kier alpha value is -1.46. The summed E-state index contributed by atoms with van der Waals surface area (Å²) in [6, 6.07) is 4.45. The van der Waals surface area contributed by atoms with Gasteiger partial charge in [0.15, 0.2) is 0 Å². The van der Waals surface area contributed by atoms with Crippen molar-refractivity contribution in [2.45, 2.75) is 12.5 Å². The van der Waals surface area contributed by atoms with Crippen LogP contribution in [0.4, 0.5) is 4.39 Å². The van der Waals surface area contributed by atoms with Crippen LogP contribution in [0.15, 0.2) is 24.5 Å². The molecule has 1 heterocycles. The fraction of sp³-hybridized carbons (Fsp3) is 0.333. The van der Waals surface area contributed by atoms with Crippen LogP contribution in [0.5, 0.6) is 0 Å². The van der Waals surface area contributed by atoms with Crippen LogP contribution in [0.3, 0.4) is 0 Å². The van der Waals surface area contributed by atoms with Gasteiger partial charge in [-0.15, -0.1) is 0 Å². The van der Waals surface area contributed by atoms with Crippen molar-refractivity contribution in [1.82, 2.24) is 20.1 Å². The number of benzene rings is 1. The van der Waals surface area contributed by atoms with Crippen LogP contribution in [-0.2, 0) is 13.5 Å². The van der Waals surface area contributed by atoms with Gasteiger partial charge in [-0.3, -0.25) is 4.68 Å². The van der Waals surface area contributed by atoms with Crippen molar-refractivity contribution in [3.05, 3.63) is 46.8 Å². The third kappa shape index (κ3) is 2.52. The van der Waals surface area contributed by atoms with Gasteiger partial charge < -0.3 is 5.32 Å². The van der Waals surface area contributed by atoms with E-state index in [0.717, 1.165) is 5.82 Å². The summed E-state index contributed by atoms with van der Waals surface area (Å²) in [5, 5.41) is 7.47. The van der Waals surface area contributed by atoms with E-state index in [4.69, 9.17) is 11.6 Å². The molecule has 1 N–H and O–H groups in total. The molecular formula is C12H14ClFN4. The van der Waals surface area contributed by atoms with E-state index in [-0.39, 0.29) is 11.9 Å². The molecule has 0 aliphatic carbocycles. The molecule has 0 aliphatic rings. The Kier molecular flexibility index (Phi) is 3.93. The lowest BCUT2D eigenvalue weighted by molar-refractivity contribution is 0.515. The molecule has 2 aromatic rings. The number of nitrogens with zero attached hydrogens (tertiary/aromatic N) is 3. The Bertz CT molecular complexity index is 520. The lowest BCUT2D eigenvalue weighted by atomic mass is 10.0. The smallest absolute Gasteiger partial charge is 0.138 e. The zero-order chi connectivity index (χ0) is 13.1. The molecule has 1 aromatic carbocycles. The van der Waals surface area contributed by atoms with Crippen molar-refractivity contribution in [3.8, 4) is 0 Å². The van der Waals surface area contributed by atoms with Crippen molar-refractivity contribution >= 4 is 11.6 Å². The van der Waals surface area contributed by atoms with E-state index >= 15 is 0 Å². The molecule has 0 aliphatic heterocycles. The maximum absolute atomic E-state index is 13.8. The number of nitrogens with one attached hydrogen (secondary N) is 1. The van der Waals surface area contributed by atoms with Crippen molar-refractivity contribution in [2.75, 3.05) is 7.05 Å². The summed E-state index contributed by atoms with van der Waals surface area (Å²) in [4.78, 5) is 4.13. The minimum absolute atomic E-state index is 0.235.